The maximum Gasteiger partial charge on any atom is 0.143 e. The number of aromatic nitrogens is 3. The lowest BCUT2D eigenvalue weighted by Crippen LogP contribution is -2.29. The summed E-state index contributed by atoms with van der Waals surface area (Å²) in [5.41, 5.74) is 1.77. The summed E-state index contributed by atoms with van der Waals surface area (Å²) >= 11 is 0. The van der Waals surface area contributed by atoms with Crippen LogP contribution >= 0.6 is 0 Å². The number of rotatable bonds is 2. The molecule has 0 aliphatic heterocycles. The van der Waals surface area contributed by atoms with Crippen molar-refractivity contribution in [2.24, 2.45) is 5.92 Å². The molecule has 0 spiro atoms. The van der Waals surface area contributed by atoms with Gasteiger partial charge in [0.2, 0.25) is 0 Å². The zero-order valence-electron chi connectivity index (χ0n) is 11.2. The fraction of sp³-hybridized carbons (Fsp3) is 0.571. The van der Waals surface area contributed by atoms with Crippen LogP contribution < -0.4 is 0 Å². The summed E-state index contributed by atoms with van der Waals surface area (Å²) in [7, 11) is 0. The normalized spacial score (nSPS) is 31.2. The highest BCUT2D eigenvalue weighted by Crippen LogP contribution is 2.38. The van der Waals surface area contributed by atoms with Gasteiger partial charge >= 0.3 is 0 Å². The van der Waals surface area contributed by atoms with E-state index in [4.69, 9.17) is 0 Å². The Balaban J connectivity index is 2.04. The molecule has 2 N–H and O–H groups in total. The molecule has 0 amide bonds. The molecule has 5 nitrogen and oxygen atoms in total. The van der Waals surface area contributed by atoms with Gasteiger partial charge in [-0.2, -0.15) is 0 Å². The van der Waals surface area contributed by atoms with E-state index in [1.165, 1.54) is 0 Å². The molecule has 0 unspecified atom stereocenters. The first-order valence-corrected chi connectivity index (χ1v) is 6.77. The number of aliphatic hydroxyl groups excluding tert-OH is 2. The van der Waals surface area contributed by atoms with Gasteiger partial charge in [-0.25, -0.2) is 9.97 Å². The highest BCUT2D eigenvalue weighted by Gasteiger charge is 2.41. The summed E-state index contributed by atoms with van der Waals surface area (Å²) in [4.78, 5) is 8.49. The minimum Gasteiger partial charge on any atom is -0.390 e. The molecular formula is C14H19N3O2. The second kappa shape index (κ2) is 4.58. The predicted octanol–water partition coefficient (Wildman–Crippen LogP) is 1.43. The lowest BCUT2D eigenvalue weighted by atomic mass is 10.0. The molecule has 0 saturated heterocycles. The Kier molecular flexibility index (Phi) is 3.03. The molecular weight excluding hydrogens is 242 g/mol. The largest absolute Gasteiger partial charge is 0.390 e. The monoisotopic (exact) mass is 261 g/mol. The smallest absolute Gasteiger partial charge is 0.143 e. The summed E-state index contributed by atoms with van der Waals surface area (Å²) in [6, 6.07) is 1.87. The van der Waals surface area contributed by atoms with Crippen molar-refractivity contribution in [3.63, 3.8) is 0 Å². The summed E-state index contributed by atoms with van der Waals surface area (Å²) < 4.78 is 1.98. The Hall–Kier alpha value is -1.46. The summed E-state index contributed by atoms with van der Waals surface area (Å²) in [6.45, 7) is 3.99. The van der Waals surface area contributed by atoms with Crippen molar-refractivity contribution < 1.29 is 10.2 Å². The third kappa shape index (κ3) is 1.84. The number of aliphatic hydroxyl groups is 2. The Morgan fingerprint density at radius 1 is 1.32 bits per heavy atom. The molecule has 0 aromatic carbocycles. The highest BCUT2D eigenvalue weighted by atomic mass is 16.3. The average Bonchev–Trinajstić information content (AvgIpc) is 2.94. The van der Waals surface area contributed by atoms with Crippen LogP contribution in [0.15, 0.2) is 18.6 Å². The third-order valence-electron chi connectivity index (χ3n) is 4.36. The third-order valence-corrected chi connectivity index (χ3v) is 4.36. The molecule has 0 bridgehead atoms. The van der Waals surface area contributed by atoms with Crippen LogP contribution in [-0.2, 0) is 0 Å². The van der Waals surface area contributed by atoms with E-state index in [1.807, 2.05) is 30.7 Å². The maximum absolute atomic E-state index is 10.2. The maximum atomic E-state index is 10.2. The minimum atomic E-state index is -0.726. The van der Waals surface area contributed by atoms with E-state index in [9.17, 15) is 10.2 Å². The van der Waals surface area contributed by atoms with E-state index >= 15 is 0 Å². The van der Waals surface area contributed by atoms with E-state index in [0.717, 1.165) is 29.6 Å². The standard InChI is InChI=1S/C14H19N3O2/c1-3-9-6-11(13(19)12(9)18)17-5-4-10-8(2)15-7-16-14(10)17/h4-5,7,9,11-13,18-19H,3,6H2,1-2H3/t9-,11-,12-,13+/m1/s1. The molecule has 1 saturated carbocycles. The van der Waals surface area contributed by atoms with Crippen molar-refractivity contribution in [1.82, 2.24) is 14.5 Å². The molecule has 3 rings (SSSR count). The van der Waals surface area contributed by atoms with Crippen molar-refractivity contribution in [1.29, 1.82) is 0 Å². The van der Waals surface area contributed by atoms with Crippen molar-refractivity contribution in [2.45, 2.75) is 44.9 Å². The molecule has 2 aromatic heterocycles. The van der Waals surface area contributed by atoms with E-state index in [1.54, 1.807) is 6.33 Å². The van der Waals surface area contributed by atoms with Crippen LogP contribution in [0.1, 0.15) is 31.5 Å². The van der Waals surface area contributed by atoms with E-state index in [0.29, 0.717) is 0 Å². The van der Waals surface area contributed by atoms with Gasteiger partial charge in [0.05, 0.1) is 17.8 Å². The first-order chi connectivity index (χ1) is 9.13. The number of fused-ring (bicyclic) bond motifs is 1. The van der Waals surface area contributed by atoms with Gasteiger partial charge in [0.25, 0.3) is 0 Å². The van der Waals surface area contributed by atoms with Crippen LogP contribution in [0.2, 0.25) is 0 Å². The Morgan fingerprint density at radius 2 is 2.11 bits per heavy atom. The summed E-state index contributed by atoms with van der Waals surface area (Å²) in [5, 5.41) is 21.3. The number of nitrogens with zero attached hydrogens (tertiary/aromatic N) is 3. The Labute approximate surface area is 111 Å². The highest BCUT2D eigenvalue weighted by molar-refractivity contribution is 5.78. The number of hydrogen-bond donors (Lipinski definition) is 2. The second-order valence-corrected chi connectivity index (χ2v) is 5.37. The zero-order chi connectivity index (χ0) is 13.6. The zero-order valence-corrected chi connectivity index (χ0v) is 11.2. The quantitative estimate of drug-likeness (QED) is 0.858. The molecule has 1 fully saturated rings. The van der Waals surface area contributed by atoms with Crippen molar-refractivity contribution >= 4 is 11.0 Å². The van der Waals surface area contributed by atoms with Gasteiger partial charge in [0, 0.05) is 11.6 Å². The van der Waals surface area contributed by atoms with Gasteiger partial charge in [-0.3, -0.25) is 0 Å². The molecule has 19 heavy (non-hydrogen) atoms. The first-order valence-electron chi connectivity index (χ1n) is 6.77. The van der Waals surface area contributed by atoms with Crippen LogP contribution in [0.25, 0.3) is 11.0 Å². The molecule has 2 aromatic rings. The SMILES string of the molecule is CC[C@@H]1C[C@@H](n2ccc3c(C)ncnc32)[C@H](O)[C@@H]1O. The Morgan fingerprint density at radius 3 is 2.79 bits per heavy atom. The van der Waals surface area contributed by atoms with Crippen LogP contribution in [-0.4, -0.2) is 37.0 Å². The minimum absolute atomic E-state index is 0.105. The van der Waals surface area contributed by atoms with Gasteiger partial charge in [0.15, 0.2) is 0 Å². The molecule has 2 heterocycles. The van der Waals surface area contributed by atoms with Crippen LogP contribution in [0.5, 0.6) is 0 Å². The van der Waals surface area contributed by atoms with Crippen molar-refractivity contribution in [2.75, 3.05) is 0 Å². The lowest BCUT2D eigenvalue weighted by molar-refractivity contribution is 0.00619. The summed E-state index contributed by atoms with van der Waals surface area (Å²) in [5.74, 6) is 0.153. The lowest BCUT2D eigenvalue weighted by Gasteiger charge is -2.18. The molecule has 0 radical (unpaired) electrons. The van der Waals surface area contributed by atoms with Crippen LogP contribution in [0, 0.1) is 12.8 Å². The molecule has 102 valence electrons. The fourth-order valence-corrected chi connectivity index (χ4v) is 3.15. The molecule has 1 aliphatic rings. The van der Waals surface area contributed by atoms with E-state index in [-0.39, 0.29) is 12.0 Å². The second-order valence-electron chi connectivity index (χ2n) is 5.37. The van der Waals surface area contributed by atoms with Gasteiger partial charge in [-0.05, 0) is 25.3 Å². The van der Waals surface area contributed by atoms with Crippen LogP contribution in [0.3, 0.4) is 0 Å². The van der Waals surface area contributed by atoms with E-state index < -0.39 is 12.2 Å². The molecule has 1 aliphatic carbocycles. The average molecular weight is 261 g/mol. The first kappa shape index (κ1) is 12.6. The van der Waals surface area contributed by atoms with Gasteiger partial charge < -0.3 is 14.8 Å². The van der Waals surface area contributed by atoms with Crippen LogP contribution in [0.4, 0.5) is 0 Å². The van der Waals surface area contributed by atoms with Crippen molar-refractivity contribution in [3.8, 4) is 0 Å². The molecule has 4 atom stereocenters. The van der Waals surface area contributed by atoms with E-state index in [2.05, 4.69) is 9.97 Å². The Bertz CT molecular complexity index is 595. The summed E-state index contributed by atoms with van der Waals surface area (Å²) in [6.07, 6.45) is 3.77. The molecule has 5 heteroatoms. The van der Waals surface area contributed by atoms with Gasteiger partial charge in [-0.1, -0.05) is 13.3 Å². The van der Waals surface area contributed by atoms with Gasteiger partial charge in [0.1, 0.15) is 18.1 Å². The van der Waals surface area contributed by atoms with Gasteiger partial charge in [-0.15, -0.1) is 0 Å². The predicted molar refractivity (Wildman–Crippen MR) is 71.7 cm³/mol. The van der Waals surface area contributed by atoms with Crippen molar-refractivity contribution in [3.05, 3.63) is 24.3 Å². The number of aryl methyl sites for hydroxylation is 1. The number of hydrogen-bond acceptors (Lipinski definition) is 4. The topological polar surface area (TPSA) is 71.2 Å². The fourth-order valence-electron chi connectivity index (χ4n) is 3.15.